The third-order valence-corrected chi connectivity index (χ3v) is 3.62. The second-order valence-electron chi connectivity index (χ2n) is 5.24. The molecule has 0 bridgehead atoms. The van der Waals surface area contributed by atoms with Gasteiger partial charge in [0.05, 0.1) is 18.1 Å². The van der Waals surface area contributed by atoms with E-state index in [1.165, 1.54) is 0 Å². The summed E-state index contributed by atoms with van der Waals surface area (Å²) < 4.78 is 1.55. The summed E-state index contributed by atoms with van der Waals surface area (Å²) >= 11 is 0. The molecule has 6 nitrogen and oxygen atoms in total. The molecule has 6 heteroatoms. The summed E-state index contributed by atoms with van der Waals surface area (Å²) in [6, 6.07) is 15.3. The molecule has 0 saturated heterocycles. The Balaban J connectivity index is 1.54. The van der Waals surface area contributed by atoms with Crippen LogP contribution in [0.5, 0.6) is 0 Å². The number of rotatable bonds is 3. The molecule has 0 radical (unpaired) electrons. The van der Waals surface area contributed by atoms with Crippen LogP contribution < -0.4 is 5.32 Å². The van der Waals surface area contributed by atoms with Gasteiger partial charge in [0.1, 0.15) is 0 Å². The molecular formula is C18H13N5O. The molecule has 0 atom stereocenters. The first kappa shape index (κ1) is 14.1. The highest BCUT2D eigenvalue weighted by Crippen LogP contribution is 2.16. The van der Waals surface area contributed by atoms with Crippen molar-refractivity contribution in [2.24, 2.45) is 0 Å². The van der Waals surface area contributed by atoms with Gasteiger partial charge in [0, 0.05) is 18.0 Å². The van der Waals surface area contributed by atoms with Crippen LogP contribution in [0.1, 0.15) is 10.4 Å². The maximum absolute atomic E-state index is 12.4. The van der Waals surface area contributed by atoms with E-state index >= 15 is 0 Å². The van der Waals surface area contributed by atoms with Crippen molar-refractivity contribution in [3.8, 4) is 5.95 Å². The molecule has 116 valence electrons. The number of hydrogen-bond donors (Lipinski definition) is 1. The van der Waals surface area contributed by atoms with Gasteiger partial charge in [0.15, 0.2) is 0 Å². The highest BCUT2D eigenvalue weighted by Gasteiger charge is 2.08. The first-order chi connectivity index (χ1) is 11.8. The topological polar surface area (TPSA) is 72.7 Å². The van der Waals surface area contributed by atoms with Gasteiger partial charge in [-0.15, -0.1) is 0 Å². The number of carbonyl (C=O) groups excluding carboxylic acids is 1. The van der Waals surface area contributed by atoms with Crippen molar-refractivity contribution in [2.45, 2.75) is 0 Å². The lowest BCUT2D eigenvalue weighted by Gasteiger charge is -2.06. The minimum atomic E-state index is -0.198. The van der Waals surface area contributed by atoms with Crippen LogP contribution in [-0.4, -0.2) is 25.7 Å². The Morgan fingerprint density at radius 1 is 0.958 bits per heavy atom. The second kappa shape index (κ2) is 5.92. The fraction of sp³-hybridized carbons (Fsp3) is 0. The molecule has 0 aliphatic carbocycles. The number of anilines is 1. The van der Waals surface area contributed by atoms with Crippen molar-refractivity contribution in [1.82, 2.24) is 19.7 Å². The van der Waals surface area contributed by atoms with Gasteiger partial charge >= 0.3 is 0 Å². The lowest BCUT2D eigenvalue weighted by atomic mass is 10.1. The largest absolute Gasteiger partial charge is 0.319 e. The van der Waals surface area contributed by atoms with Crippen LogP contribution >= 0.6 is 0 Å². The van der Waals surface area contributed by atoms with Crippen molar-refractivity contribution >= 4 is 22.4 Å². The fourth-order valence-corrected chi connectivity index (χ4v) is 2.43. The monoisotopic (exact) mass is 315 g/mol. The number of benzene rings is 2. The fourth-order valence-electron chi connectivity index (χ4n) is 2.43. The van der Waals surface area contributed by atoms with E-state index in [0.29, 0.717) is 17.2 Å². The van der Waals surface area contributed by atoms with Gasteiger partial charge in [-0.25, -0.2) is 14.6 Å². The zero-order valence-corrected chi connectivity index (χ0v) is 12.6. The lowest BCUT2D eigenvalue weighted by Crippen LogP contribution is -2.13. The summed E-state index contributed by atoms with van der Waals surface area (Å²) in [5, 5.41) is 8.98. The van der Waals surface area contributed by atoms with Crippen molar-refractivity contribution in [3.05, 3.63) is 78.9 Å². The minimum absolute atomic E-state index is 0.198. The average molecular weight is 315 g/mol. The minimum Gasteiger partial charge on any atom is -0.319 e. The van der Waals surface area contributed by atoms with Crippen LogP contribution in [0.4, 0.5) is 5.69 Å². The van der Waals surface area contributed by atoms with Crippen LogP contribution in [-0.2, 0) is 0 Å². The Morgan fingerprint density at radius 2 is 1.75 bits per heavy atom. The molecule has 1 N–H and O–H groups in total. The molecule has 2 heterocycles. The first-order valence-corrected chi connectivity index (χ1v) is 7.42. The molecule has 24 heavy (non-hydrogen) atoms. The summed E-state index contributed by atoms with van der Waals surface area (Å²) in [6.07, 6.45) is 6.52. The van der Waals surface area contributed by atoms with Crippen LogP contribution in [0, 0.1) is 0 Å². The van der Waals surface area contributed by atoms with Crippen molar-refractivity contribution in [3.63, 3.8) is 0 Å². The van der Waals surface area contributed by atoms with Gasteiger partial charge in [-0.3, -0.25) is 4.79 Å². The SMILES string of the molecule is O=C(Nc1cnc(-n2cccn2)nc1)c1ccc2ccccc2c1. The Bertz CT molecular complexity index is 994. The van der Waals surface area contributed by atoms with Crippen LogP contribution in [0.3, 0.4) is 0 Å². The van der Waals surface area contributed by atoms with Gasteiger partial charge in [-0.1, -0.05) is 30.3 Å². The van der Waals surface area contributed by atoms with Crippen molar-refractivity contribution in [1.29, 1.82) is 0 Å². The molecule has 4 rings (SSSR count). The van der Waals surface area contributed by atoms with Gasteiger partial charge in [0.25, 0.3) is 11.9 Å². The summed E-state index contributed by atoms with van der Waals surface area (Å²) in [5.41, 5.74) is 1.12. The summed E-state index contributed by atoms with van der Waals surface area (Å²) in [7, 11) is 0. The Morgan fingerprint density at radius 3 is 2.50 bits per heavy atom. The quantitative estimate of drug-likeness (QED) is 0.630. The Labute approximate surface area is 137 Å². The van der Waals surface area contributed by atoms with Gasteiger partial charge < -0.3 is 5.32 Å². The summed E-state index contributed by atoms with van der Waals surface area (Å²) in [5.74, 6) is 0.250. The van der Waals surface area contributed by atoms with E-state index in [0.717, 1.165) is 10.8 Å². The number of hydrogen-bond acceptors (Lipinski definition) is 4. The number of aromatic nitrogens is 4. The molecule has 0 unspecified atom stereocenters. The Hall–Kier alpha value is -3.54. The second-order valence-corrected chi connectivity index (χ2v) is 5.24. The van der Waals surface area contributed by atoms with E-state index in [2.05, 4.69) is 20.4 Å². The molecule has 2 aromatic carbocycles. The standard InChI is InChI=1S/C18H13N5O/c24-17(15-7-6-13-4-1-2-5-14(13)10-15)22-16-11-19-18(20-12-16)23-9-3-8-21-23/h1-12H,(H,22,24). The number of carbonyl (C=O) groups is 1. The molecule has 1 amide bonds. The summed E-state index contributed by atoms with van der Waals surface area (Å²) in [4.78, 5) is 20.8. The lowest BCUT2D eigenvalue weighted by molar-refractivity contribution is 0.102. The molecule has 0 saturated carbocycles. The number of nitrogens with zero attached hydrogens (tertiary/aromatic N) is 4. The average Bonchev–Trinajstić information content (AvgIpc) is 3.16. The van der Waals surface area contributed by atoms with Crippen molar-refractivity contribution in [2.75, 3.05) is 5.32 Å². The van der Waals surface area contributed by atoms with E-state index in [4.69, 9.17) is 0 Å². The van der Waals surface area contributed by atoms with Crippen molar-refractivity contribution < 1.29 is 4.79 Å². The maximum Gasteiger partial charge on any atom is 0.255 e. The predicted octanol–water partition coefficient (Wildman–Crippen LogP) is 3.07. The third-order valence-electron chi connectivity index (χ3n) is 3.62. The highest BCUT2D eigenvalue weighted by atomic mass is 16.1. The van der Waals surface area contributed by atoms with Crippen LogP contribution in [0.25, 0.3) is 16.7 Å². The zero-order valence-electron chi connectivity index (χ0n) is 12.6. The number of fused-ring (bicyclic) bond motifs is 1. The summed E-state index contributed by atoms with van der Waals surface area (Å²) in [6.45, 7) is 0. The van der Waals surface area contributed by atoms with Gasteiger partial charge in [-0.05, 0) is 29.0 Å². The van der Waals surface area contributed by atoms with E-state index in [1.54, 1.807) is 41.6 Å². The normalized spacial score (nSPS) is 10.7. The molecule has 0 aliphatic rings. The van der Waals surface area contributed by atoms with Gasteiger partial charge in [-0.2, -0.15) is 5.10 Å². The Kier molecular flexibility index (Phi) is 3.47. The first-order valence-electron chi connectivity index (χ1n) is 7.42. The molecule has 2 aromatic heterocycles. The highest BCUT2D eigenvalue weighted by molar-refractivity contribution is 6.06. The molecule has 0 aliphatic heterocycles. The van der Waals surface area contributed by atoms with E-state index < -0.39 is 0 Å². The molecule has 0 fully saturated rings. The maximum atomic E-state index is 12.4. The number of amides is 1. The number of nitrogens with one attached hydrogen (secondary N) is 1. The predicted molar refractivity (Wildman–Crippen MR) is 91.1 cm³/mol. The molecule has 0 spiro atoms. The van der Waals surface area contributed by atoms with E-state index in [1.807, 2.05) is 36.4 Å². The molecular weight excluding hydrogens is 302 g/mol. The van der Waals surface area contributed by atoms with E-state index in [9.17, 15) is 4.79 Å². The third kappa shape index (κ3) is 2.72. The van der Waals surface area contributed by atoms with Gasteiger partial charge in [0.2, 0.25) is 0 Å². The zero-order chi connectivity index (χ0) is 16.4. The van der Waals surface area contributed by atoms with Crippen LogP contribution in [0.2, 0.25) is 0 Å². The van der Waals surface area contributed by atoms with E-state index in [-0.39, 0.29) is 5.91 Å². The van der Waals surface area contributed by atoms with Crippen LogP contribution in [0.15, 0.2) is 73.3 Å². The smallest absolute Gasteiger partial charge is 0.255 e. The molecule has 4 aromatic rings.